The Morgan fingerprint density at radius 3 is 2.92 bits per heavy atom. The Morgan fingerprint density at radius 2 is 2.20 bits per heavy atom. The van der Waals surface area contributed by atoms with E-state index >= 15 is 0 Å². The van der Waals surface area contributed by atoms with E-state index in [1.54, 1.807) is 24.5 Å². The Morgan fingerprint density at radius 1 is 1.32 bits per heavy atom. The van der Waals surface area contributed by atoms with E-state index < -0.39 is 0 Å². The highest BCUT2D eigenvalue weighted by Gasteiger charge is 2.33. The number of imidazole rings is 1. The predicted molar refractivity (Wildman–Crippen MR) is 90.3 cm³/mol. The molecule has 4 rings (SSSR count). The third-order valence-electron chi connectivity index (χ3n) is 4.86. The fraction of sp³-hybridized carbons (Fsp3) is 0.500. The number of hydrogen-bond donors (Lipinski definition) is 1. The van der Waals surface area contributed by atoms with Crippen LogP contribution in [0.1, 0.15) is 48.0 Å². The lowest BCUT2D eigenvalue weighted by molar-refractivity contribution is 0.0777. The standard InChI is InChI=1S/C18H22N4O3/c1-22-9-8-20-17(22)16-14(6-10-24-16)21-18(23)12-5-7-19-15(11-12)25-13-3-2-4-13/h5,7-9,11,13-14,16H,2-4,6,10H2,1H3,(H,21,23)/t14-,16-/m0/s1. The number of carbonyl (C=O) groups is 1. The van der Waals surface area contributed by atoms with Crippen LogP contribution in [0.15, 0.2) is 30.7 Å². The number of nitrogens with zero attached hydrogens (tertiary/aromatic N) is 3. The molecule has 1 amide bonds. The molecule has 1 aliphatic carbocycles. The number of carbonyl (C=O) groups excluding carboxylic acids is 1. The van der Waals surface area contributed by atoms with E-state index in [1.165, 1.54) is 6.42 Å². The molecule has 0 radical (unpaired) electrons. The van der Waals surface area contributed by atoms with Crippen LogP contribution < -0.4 is 10.1 Å². The Balaban J connectivity index is 1.44. The molecule has 25 heavy (non-hydrogen) atoms. The molecule has 2 atom stereocenters. The van der Waals surface area contributed by atoms with Crippen molar-refractivity contribution in [2.45, 2.75) is 43.9 Å². The van der Waals surface area contributed by atoms with E-state index in [4.69, 9.17) is 9.47 Å². The van der Waals surface area contributed by atoms with E-state index in [9.17, 15) is 4.79 Å². The summed E-state index contributed by atoms with van der Waals surface area (Å²) in [5.74, 6) is 1.20. The fourth-order valence-electron chi connectivity index (χ4n) is 3.17. The number of ether oxygens (including phenoxy) is 2. The summed E-state index contributed by atoms with van der Waals surface area (Å²) in [5.41, 5.74) is 0.551. The number of amides is 1. The second-order valence-corrected chi connectivity index (χ2v) is 6.61. The molecule has 1 N–H and O–H groups in total. The molecule has 2 aliphatic rings. The maximum absolute atomic E-state index is 12.6. The molecular weight excluding hydrogens is 320 g/mol. The summed E-state index contributed by atoms with van der Waals surface area (Å²) in [6.45, 7) is 0.606. The summed E-state index contributed by atoms with van der Waals surface area (Å²) in [4.78, 5) is 21.2. The van der Waals surface area contributed by atoms with Gasteiger partial charge in [0.05, 0.1) is 6.04 Å². The SMILES string of the molecule is Cn1ccnc1[C@H]1OCC[C@@H]1NC(=O)c1ccnc(OC2CCC2)c1. The Labute approximate surface area is 146 Å². The van der Waals surface area contributed by atoms with Crippen molar-refractivity contribution in [1.29, 1.82) is 0 Å². The molecule has 0 aromatic carbocycles. The molecule has 0 bridgehead atoms. The van der Waals surface area contributed by atoms with Gasteiger partial charge in [-0.05, 0) is 31.7 Å². The number of aromatic nitrogens is 3. The molecule has 1 saturated carbocycles. The lowest BCUT2D eigenvalue weighted by Crippen LogP contribution is -2.37. The largest absolute Gasteiger partial charge is 0.474 e. The van der Waals surface area contributed by atoms with Crippen LogP contribution in [0.25, 0.3) is 0 Å². The van der Waals surface area contributed by atoms with Gasteiger partial charge in [-0.25, -0.2) is 9.97 Å². The van der Waals surface area contributed by atoms with Gasteiger partial charge in [0.2, 0.25) is 5.88 Å². The van der Waals surface area contributed by atoms with Crippen LogP contribution in [0.3, 0.4) is 0 Å². The lowest BCUT2D eigenvalue weighted by Gasteiger charge is -2.25. The highest BCUT2D eigenvalue weighted by atomic mass is 16.5. The molecular formula is C18H22N4O3. The first kappa shape index (κ1) is 16.1. The number of rotatable bonds is 5. The molecule has 7 heteroatoms. The second-order valence-electron chi connectivity index (χ2n) is 6.61. The average Bonchev–Trinajstić information content (AvgIpc) is 3.19. The van der Waals surface area contributed by atoms with Crippen LogP contribution in [-0.4, -0.2) is 39.2 Å². The van der Waals surface area contributed by atoms with Crippen molar-refractivity contribution in [2.75, 3.05) is 6.61 Å². The summed E-state index contributed by atoms with van der Waals surface area (Å²) in [6.07, 6.45) is 9.32. The number of nitrogens with one attached hydrogen (secondary N) is 1. The third kappa shape index (κ3) is 3.37. The van der Waals surface area contributed by atoms with Crippen LogP contribution >= 0.6 is 0 Å². The van der Waals surface area contributed by atoms with Crippen molar-refractivity contribution in [3.05, 3.63) is 42.1 Å². The minimum absolute atomic E-state index is 0.0993. The van der Waals surface area contributed by atoms with Gasteiger partial charge in [-0.1, -0.05) is 0 Å². The predicted octanol–water partition coefficient (Wildman–Crippen LogP) is 2.01. The second kappa shape index (κ2) is 6.84. The van der Waals surface area contributed by atoms with Crippen molar-refractivity contribution >= 4 is 5.91 Å². The zero-order valence-corrected chi connectivity index (χ0v) is 14.2. The van der Waals surface area contributed by atoms with Crippen LogP contribution in [-0.2, 0) is 11.8 Å². The summed E-state index contributed by atoms with van der Waals surface area (Å²) < 4.78 is 13.5. The first-order chi connectivity index (χ1) is 12.2. The van der Waals surface area contributed by atoms with Crippen molar-refractivity contribution in [3.8, 4) is 5.88 Å². The molecule has 2 aromatic rings. The molecule has 3 heterocycles. The number of hydrogen-bond acceptors (Lipinski definition) is 5. The first-order valence-electron chi connectivity index (χ1n) is 8.73. The molecule has 1 aliphatic heterocycles. The van der Waals surface area contributed by atoms with E-state index in [-0.39, 0.29) is 24.2 Å². The van der Waals surface area contributed by atoms with Crippen molar-refractivity contribution in [2.24, 2.45) is 7.05 Å². The summed E-state index contributed by atoms with van der Waals surface area (Å²) in [5, 5.41) is 3.07. The Hall–Kier alpha value is -2.41. The van der Waals surface area contributed by atoms with Crippen LogP contribution in [0.5, 0.6) is 5.88 Å². The van der Waals surface area contributed by atoms with Crippen molar-refractivity contribution in [1.82, 2.24) is 19.9 Å². The van der Waals surface area contributed by atoms with Gasteiger partial charge in [-0.2, -0.15) is 0 Å². The van der Waals surface area contributed by atoms with Gasteiger partial charge in [-0.15, -0.1) is 0 Å². The summed E-state index contributed by atoms with van der Waals surface area (Å²) >= 11 is 0. The van der Waals surface area contributed by atoms with Crippen molar-refractivity contribution < 1.29 is 14.3 Å². The lowest BCUT2D eigenvalue weighted by atomic mass is 9.96. The monoisotopic (exact) mass is 342 g/mol. The Kier molecular flexibility index (Phi) is 4.40. The van der Waals surface area contributed by atoms with Gasteiger partial charge in [0.1, 0.15) is 18.0 Å². The number of aryl methyl sites for hydroxylation is 1. The third-order valence-corrected chi connectivity index (χ3v) is 4.86. The van der Waals surface area contributed by atoms with Crippen LogP contribution in [0.2, 0.25) is 0 Å². The first-order valence-corrected chi connectivity index (χ1v) is 8.73. The molecule has 1 saturated heterocycles. The van der Waals surface area contributed by atoms with Gasteiger partial charge in [0, 0.05) is 43.9 Å². The van der Waals surface area contributed by atoms with Gasteiger partial charge < -0.3 is 19.4 Å². The average molecular weight is 342 g/mol. The van der Waals surface area contributed by atoms with Gasteiger partial charge >= 0.3 is 0 Å². The molecule has 7 nitrogen and oxygen atoms in total. The zero-order valence-electron chi connectivity index (χ0n) is 14.2. The minimum atomic E-state index is -0.225. The zero-order chi connectivity index (χ0) is 17.2. The fourth-order valence-corrected chi connectivity index (χ4v) is 3.17. The molecule has 2 aromatic heterocycles. The summed E-state index contributed by atoms with van der Waals surface area (Å²) in [6, 6.07) is 3.31. The maximum atomic E-state index is 12.6. The molecule has 0 unspecified atom stereocenters. The molecule has 0 spiro atoms. The van der Waals surface area contributed by atoms with Crippen LogP contribution in [0.4, 0.5) is 0 Å². The number of pyridine rings is 1. The van der Waals surface area contributed by atoms with Gasteiger partial charge in [-0.3, -0.25) is 4.79 Å². The Bertz CT molecular complexity index is 756. The van der Waals surface area contributed by atoms with Crippen LogP contribution in [0, 0.1) is 0 Å². The van der Waals surface area contributed by atoms with Gasteiger partial charge in [0.25, 0.3) is 5.91 Å². The van der Waals surface area contributed by atoms with E-state index in [0.29, 0.717) is 18.1 Å². The molecule has 2 fully saturated rings. The maximum Gasteiger partial charge on any atom is 0.251 e. The highest BCUT2D eigenvalue weighted by Crippen LogP contribution is 2.28. The minimum Gasteiger partial charge on any atom is -0.474 e. The van der Waals surface area contributed by atoms with Crippen molar-refractivity contribution in [3.63, 3.8) is 0 Å². The van der Waals surface area contributed by atoms with E-state index in [2.05, 4.69) is 15.3 Å². The normalized spacial score (nSPS) is 23.2. The quantitative estimate of drug-likeness (QED) is 0.899. The molecule has 132 valence electrons. The van der Waals surface area contributed by atoms with E-state index in [0.717, 1.165) is 25.1 Å². The highest BCUT2D eigenvalue weighted by molar-refractivity contribution is 5.94. The smallest absolute Gasteiger partial charge is 0.251 e. The topological polar surface area (TPSA) is 78.3 Å². The van der Waals surface area contributed by atoms with Gasteiger partial charge in [0.15, 0.2) is 0 Å². The summed E-state index contributed by atoms with van der Waals surface area (Å²) in [7, 11) is 1.93. The van der Waals surface area contributed by atoms with E-state index in [1.807, 2.05) is 17.8 Å².